The molecule has 1 fully saturated rings. The molecule has 8 nitrogen and oxygen atoms in total. The van der Waals surface area contributed by atoms with Gasteiger partial charge < -0.3 is 14.6 Å². The summed E-state index contributed by atoms with van der Waals surface area (Å²) in [4.78, 5) is 12.0. The highest BCUT2D eigenvalue weighted by molar-refractivity contribution is 7.89. The van der Waals surface area contributed by atoms with Gasteiger partial charge in [0, 0.05) is 26.1 Å². The van der Waals surface area contributed by atoms with Crippen molar-refractivity contribution in [3.8, 4) is 0 Å². The standard InChI is InChI=1S/C12H19N3O5S/c1-8-4-10(14-20-8)12(16)13-11-6-19-5-9(11)7-21(17,18)15(2)3/h4,9,11H,5-7H2,1-3H3,(H,13,16)/t9-,11-/m0/s1. The quantitative estimate of drug-likeness (QED) is 0.794. The lowest BCUT2D eigenvalue weighted by atomic mass is 10.1. The van der Waals surface area contributed by atoms with Crippen molar-refractivity contribution in [2.75, 3.05) is 33.1 Å². The average Bonchev–Trinajstić information content (AvgIpc) is 2.99. The molecule has 1 aromatic heterocycles. The van der Waals surface area contributed by atoms with E-state index in [2.05, 4.69) is 10.5 Å². The highest BCUT2D eigenvalue weighted by Crippen LogP contribution is 2.17. The molecule has 21 heavy (non-hydrogen) atoms. The topological polar surface area (TPSA) is 102 Å². The second-order valence-corrected chi connectivity index (χ2v) is 7.49. The fraction of sp³-hybridized carbons (Fsp3) is 0.667. The highest BCUT2D eigenvalue weighted by atomic mass is 32.2. The molecule has 1 aromatic rings. The van der Waals surface area contributed by atoms with Crippen LogP contribution in [0.2, 0.25) is 0 Å². The van der Waals surface area contributed by atoms with Gasteiger partial charge in [-0.3, -0.25) is 4.79 Å². The summed E-state index contributed by atoms with van der Waals surface area (Å²) in [5, 5.41) is 6.38. The van der Waals surface area contributed by atoms with Crippen molar-refractivity contribution in [3.05, 3.63) is 17.5 Å². The molecule has 1 amide bonds. The largest absolute Gasteiger partial charge is 0.379 e. The minimum atomic E-state index is -3.34. The minimum Gasteiger partial charge on any atom is -0.379 e. The maximum Gasteiger partial charge on any atom is 0.273 e. The number of carbonyl (C=O) groups is 1. The lowest BCUT2D eigenvalue weighted by molar-refractivity contribution is 0.0917. The number of hydrogen-bond donors (Lipinski definition) is 1. The van der Waals surface area contributed by atoms with Crippen molar-refractivity contribution in [2.24, 2.45) is 5.92 Å². The summed E-state index contributed by atoms with van der Waals surface area (Å²) in [6.45, 7) is 2.28. The van der Waals surface area contributed by atoms with Crippen molar-refractivity contribution in [2.45, 2.75) is 13.0 Å². The molecule has 0 saturated carbocycles. The fourth-order valence-corrected chi connectivity index (χ4v) is 3.23. The van der Waals surface area contributed by atoms with Crippen LogP contribution in [0.3, 0.4) is 0 Å². The van der Waals surface area contributed by atoms with Crippen LogP contribution in [-0.2, 0) is 14.8 Å². The minimum absolute atomic E-state index is 0.0667. The molecule has 2 rings (SSSR count). The van der Waals surface area contributed by atoms with Gasteiger partial charge in [-0.05, 0) is 6.92 Å². The first-order chi connectivity index (χ1) is 9.79. The van der Waals surface area contributed by atoms with E-state index < -0.39 is 15.9 Å². The molecule has 0 bridgehead atoms. The summed E-state index contributed by atoms with van der Waals surface area (Å²) < 4.78 is 35.2. The highest BCUT2D eigenvalue weighted by Gasteiger charge is 2.34. The van der Waals surface area contributed by atoms with E-state index in [4.69, 9.17) is 9.26 Å². The second-order valence-electron chi connectivity index (χ2n) is 5.26. The van der Waals surface area contributed by atoms with Crippen molar-refractivity contribution >= 4 is 15.9 Å². The molecule has 1 aliphatic heterocycles. The van der Waals surface area contributed by atoms with Crippen molar-refractivity contribution in [1.29, 1.82) is 0 Å². The summed E-state index contributed by atoms with van der Waals surface area (Å²) in [7, 11) is -0.377. The number of hydrogen-bond acceptors (Lipinski definition) is 6. The van der Waals surface area contributed by atoms with Gasteiger partial charge in [-0.15, -0.1) is 0 Å². The van der Waals surface area contributed by atoms with Gasteiger partial charge in [0.15, 0.2) is 5.69 Å². The zero-order valence-electron chi connectivity index (χ0n) is 12.2. The Morgan fingerprint density at radius 3 is 2.76 bits per heavy atom. The molecule has 0 aliphatic carbocycles. The van der Waals surface area contributed by atoms with E-state index in [1.165, 1.54) is 24.5 Å². The molecule has 2 heterocycles. The van der Waals surface area contributed by atoms with Gasteiger partial charge in [-0.1, -0.05) is 5.16 Å². The number of ether oxygens (including phenoxy) is 1. The summed E-state index contributed by atoms with van der Waals surface area (Å²) in [5.74, 6) is -0.207. The molecule has 0 aromatic carbocycles. The zero-order valence-corrected chi connectivity index (χ0v) is 13.0. The Kier molecular flexibility index (Phi) is 4.64. The van der Waals surface area contributed by atoms with Crippen LogP contribution in [0, 0.1) is 12.8 Å². The maximum atomic E-state index is 12.0. The molecule has 0 radical (unpaired) electrons. The van der Waals surface area contributed by atoms with Gasteiger partial charge in [-0.25, -0.2) is 12.7 Å². The molecular formula is C12H19N3O5S. The van der Waals surface area contributed by atoms with E-state index in [1.807, 2.05) is 0 Å². The van der Waals surface area contributed by atoms with Crippen molar-refractivity contribution in [3.63, 3.8) is 0 Å². The number of carbonyl (C=O) groups excluding carboxylic acids is 1. The first-order valence-electron chi connectivity index (χ1n) is 6.51. The van der Waals surface area contributed by atoms with Crippen LogP contribution in [-0.4, -0.2) is 62.9 Å². The average molecular weight is 317 g/mol. The normalized spacial score (nSPS) is 22.7. The van der Waals surface area contributed by atoms with Gasteiger partial charge in [-0.2, -0.15) is 0 Å². The third-order valence-corrected chi connectivity index (χ3v) is 5.32. The van der Waals surface area contributed by atoms with Crippen LogP contribution in [0.15, 0.2) is 10.6 Å². The Labute approximate surface area is 123 Å². The number of amides is 1. The van der Waals surface area contributed by atoms with Crippen LogP contribution >= 0.6 is 0 Å². The van der Waals surface area contributed by atoms with Gasteiger partial charge >= 0.3 is 0 Å². The first-order valence-corrected chi connectivity index (χ1v) is 8.12. The van der Waals surface area contributed by atoms with E-state index in [9.17, 15) is 13.2 Å². The number of nitrogens with zero attached hydrogens (tertiary/aromatic N) is 2. The number of nitrogens with one attached hydrogen (secondary N) is 1. The second kappa shape index (κ2) is 6.12. The molecule has 1 saturated heterocycles. The van der Waals surface area contributed by atoms with Crippen molar-refractivity contribution in [1.82, 2.24) is 14.8 Å². The predicted octanol–water partition coefficient (Wildman–Crippen LogP) is -0.381. The van der Waals surface area contributed by atoms with Gasteiger partial charge in [0.05, 0.1) is 25.0 Å². The van der Waals surface area contributed by atoms with Gasteiger partial charge in [0.1, 0.15) is 5.76 Å². The van der Waals surface area contributed by atoms with Crippen LogP contribution in [0.5, 0.6) is 0 Å². The summed E-state index contributed by atoms with van der Waals surface area (Å²) in [6, 6.07) is 1.17. The molecule has 9 heteroatoms. The fourth-order valence-electron chi connectivity index (χ4n) is 2.06. The third-order valence-electron chi connectivity index (χ3n) is 3.36. The Bertz CT molecular complexity index is 610. The van der Waals surface area contributed by atoms with Crippen molar-refractivity contribution < 1.29 is 22.5 Å². The summed E-state index contributed by atoms with van der Waals surface area (Å²) in [6.07, 6.45) is 0. The van der Waals surface area contributed by atoms with Crippen LogP contribution in [0.1, 0.15) is 16.2 Å². The maximum absolute atomic E-state index is 12.0. The van der Waals surface area contributed by atoms with Gasteiger partial charge in [0.2, 0.25) is 10.0 Å². The molecule has 2 atom stereocenters. The Hall–Kier alpha value is -1.45. The lowest BCUT2D eigenvalue weighted by Gasteiger charge is -2.20. The van der Waals surface area contributed by atoms with E-state index >= 15 is 0 Å². The molecule has 1 aliphatic rings. The van der Waals surface area contributed by atoms with E-state index in [0.29, 0.717) is 12.4 Å². The molecule has 0 unspecified atom stereocenters. The summed E-state index contributed by atoms with van der Waals surface area (Å²) in [5.41, 5.74) is 0.175. The monoisotopic (exact) mass is 317 g/mol. The number of aromatic nitrogens is 1. The molecular weight excluding hydrogens is 298 g/mol. The third kappa shape index (κ3) is 3.80. The Morgan fingerprint density at radius 1 is 1.48 bits per heavy atom. The van der Waals surface area contributed by atoms with Crippen LogP contribution < -0.4 is 5.32 Å². The Morgan fingerprint density at radius 2 is 2.19 bits per heavy atom. The lowest BCUT2D eigenvalue weighted by Crippen LogP contribution is -2.43. The van der Waals surface area contributed by atoms with Crippen LogP contribution in [0.4, 0.5) is 0 Å². The van der Waals surface area contributed by atoms with E-state index in [1.54, 1.807) is 6.92 Å². The number of rotatable bonds is 5. The van der Waals surface area contributed by atoms with Gasteiger partial charge in [0.25, 0.3) is 5.91 Å². The molecule has 0 spiro atoms. The number of sulfonamides is 1. The van der Waals surface area contributed by atoms with Crippen LogP contribution in [0.25, 0.3) is 0 Å². The molecule has 1 N–H and O–H groups in total. The summed E-state index contributed by atoms with van der Waals surface area (Å²) >= 11 is 0. The smallest absolute Gasteiger partial charge is 0.273 e. The van der Waals surface area contributed by atoms with E-state index in [-0.39, 0.29) is 30.0 Å². The zero-order chi connectivity index (χ0) is 15.6. The van der Waals surface area contributed by atoms with E-state index in [0.717, 1.165) is 0 Å². The number of aryl methyl sites for hydroxylation is 1. The predicted molar refractivity (Wildman–Crippen MR) is 74.3 cm³/mol. The molecule has 118 valence electrons. The first kappa shape index (κ1) is 15.9. The SMILES string of the molecule is Cc1cc(C(=O)N[C@H]2COC[C@H]2CS(=O)(=O)N(C)C)no1. The Balaban J connectivity index is 2.01.